The van der Waals surface area contributed by atoms with Crippen LogP contribution in [0.1, 0.15) is 18.4 Å². The molecule has 1 aliphatic heterocycles. The van der Waals surface area contributed by atoms with Crippen molar-refractivity contribution >= 4 is 5.91 Å². The van der Waals surface area contributed by atoms with Crippen LogP contribution in [0.15, 0.2) is 24.3 Å². The zero-order valence-electron chi connectivity index (χ0n) is 11.7. The average Bonchev–Trinajstić information content (AvgIpc) is 2.46. The monoisotopic (exact) mass is 280 g/mol. The number of likely N-dealkylation sites (N-methyl/N-ethyl adjacent to an activating group) is 1. The summed E-state index contributed by atoms with van der Waals surface area (Å²) in [5.41, 5.74) is 6.82. The topological polar surface area (TPSA) is 55.6 Å². The number of hydrogen-bond acceptors (Lipinski definition) is 3. The summed E-state index contributed by atoms with van der Waals surface area (Å²) in [6, 6.07) is 5.76. The number of rotatable bonds is 4. The van der Waals surface area contributed by atoms with Gasteiger partial charge in [0.2, 0.25) is 5.91 Å². The molecule has 20 heavy (non-hydrogen) atoms. The van der Waals surface area contributed by atoms with Crippen LogP contribution in [-0.2, 0) is 16.1 Å². The third-order valence-corrected chi connectivity index (χ3v) is 3.74. The zero-order chi connectivity index (χ0) is 14.5. The number of carbonyl (C=O) groups is 1. The van der Waals surface area contributed by atoms with E-state index in [4.69, 9.17) is 10.5 Å². The Kier molecular flexibility index (Phi) is 5.09. The van der Waals surface area contributed by atoms with E-state index >= 15 is 0 Å². The molecule has 0 saturated carbocycles. The Morgan fingerprint density at radius 2 is 2.20 bits per heavy atom. The molecule has 1 saturated heterocycles. The lowest BCUT2D eigenvalue weighted by Gasteiger charge is -2.29. The minimum absolute atomic E-state index is 0.0961. The van der Waals surface area contributed by atoms with Gasteiger partial charge in [-0.25, -0.2) is 4.39 Å². The highest BCUT2D eigenvalue weighted by molar-refractivity contribution is 5.81. The van der Waals surface area contributed by atoms with Gasteiger partial charge in [-0.05, 0) is 36.5 Å². The van der Waals surface area contributed by atoms with Crippen molar-refractivity contribution in [3.05, 3.63) is 35.6 Å². The third-order valence-electron chi connectivity index (χ3n) is 3.74. The molecule has 0 aliphatic carbocycles. The maximum absolute atomic E-state index is 13.1. The molecule has 2 N–H and O–H groups in total. The Bertz CT molecular complexity index is 461. The van der Waals surface area contributed by atoms with Crippen LogP contribution in [0, 0.1) is 11.7 Å². The number of nitrogens with two attached hydrogens (primary N) is 1. The number of halogens is 1. The second kappa shape index (κ2) is 6.81. The van der Waals surface area contributed by atoms with Crippen molar-refractivity contribution in [2.45, 2.75) is 25.4 Å². The van der Waals surface area contributed by atoms with Crippen molar-refractivity contribution < 1.29 is 13.9 Å². The number of amides is 1. The van der Waals surface area contributed by atoms with E-state index in [9.17, 15) is 9.18 Å². The highest BCUT2D eigenvalue weighted by Gasteiger charge is 2.28. The van der Waals surface area contributed by atoms with Crippen LogP contribution in [-0.4, -0.2) is 37.1 Å². The number of carbonyl (C=O) groups excluding carboxylic acids is 1. The lowest BCUT2D eigenvalue weighted by atomic mass is 9.91. The van der Waals surface area contributed by atoms with Gasteiger partial charge in [0, 0.05) is 26.8 Å². The molecule has 1 amide bonds. The van der Waals surface area contributed by atoms with Crippen molar-refractivity contribution in [2.24, 2.45) is 11.7 Å². The summed E-state index contributed by atoms with van der Waals surface area (Å²) in [4.78, 5) is 13.9. The van der Waals surface area contributed by atoms with Crippen LogP contribution in [0.5, 0.6) is 0 Å². The van der Waals surface area contributed by atoms with Gasteiger partial charge in [-0.1, -0.05) is 12.1 Å². The molecule has 1 fully saturated rings. The lowest BCUT2D eigenvalue weighted by Crippen LogP contribution is -2.47. The van der Waals surface area contributed by atoms with E-state index in [1.54, 1.807) is 24.1 Å². The molecule has 1 heterocycles. The van der Waals surface area contributed by atoms with Crippen LogP contribution in [0.3, 0.4) is 0 Å². The standard InChI is InChI=1S/C15H21FN2O2/c1-18(10-11-3-2-4-13(16)9-11)15(19)14(17)12-5-7-20-8-6-12/h2-4,9,12,14H,5-8,10,17H2,1H3. The van der Waals surface area contributed by atoms with E-state index in [1.807, 2.05) is 0 Å². The smallest absolute Gasteiger partial charge is 0.239 e. The molecule has 2 rings (SSSR count). The SMILES string of the molecule is CN(Cc1cccc(F)c1)C(=O)C(N)C1CCOCC1. The summed E-state index contributed by atoms with van der Waals surface area (Å²) in [6.45, 7) is 1.70. The van der Waals surface area contributed by atoms with Gasteiger partial charge in [0.25, 0.3) is 0 Å². The minimum atomic E-state index is -0.502. The molecule has 0 aromatic heterocycles. The molecule has 1 aliphatic rings. The summed E-state index contributed by atoms with van der Waals surface area (Å²) < 4.78 is 18.4. The molecule has 1 atom stereocenters. The average molecular weight is 280 g/mol. The predicted molar refractivity (Wildman–Crippen MR) is 74.4 cm³/mol. The second-order valence-corrected chi connectivity index (χ2v) is 5.30. The molecule has 5 heteroatoms. The Morgan fingerprint density at radius 1 is 1.50 bits per heavy atom. The van der Waals surface area contributed by atoms with Crippen LogP contribution in [0.2, 0.25) is 0 Å². The van der Waals surface area contributed by atoms with E-state index in [2.05, 4.69) is 0 Å². The summed E-state index contributed by atoms with van der Waals surface area (Å²) in [7, 11) is 1.70. The predicted octanol–water partition coefficient (Wildman–Crippen LogP) is 1.54. The number of hydrogen-bond donors (Lipinski definition) is 1. The fourth-order valence-corrected chi connectivity index (χ4v) is 2.52. The van der Waals surface area contributed by atoms with Crippen LogP contribution in [0.4, 0.5) is 4.39 Å². The van der Waals surface area contributed by atoms with Gasteiger partial charge in [0.05, 0.1) is 6.04 Å². The molecular weight excluding hydrogens is 259 g/mol. The van der Waals surface area contributed by atoms with Crippen LogP contribution in [0.25, 0.3) is 0 Å². The Morgan fingerprint density at radius 3 is 2.85 bits per heavy atom. The molecule has 4 nitrogen and oxygen atoms in total. The fraction of sp³-hybridized carbons (Fsp3) is 0.533. The first kappa shape index (κ1) is 14.9. The Hall–Kier alpha value is -1.46. The molecule has 1 aromatic carbocycles. The van der Waals surface area contributed by atoms with Crippen molar-refractivity contribution in [3.8, 4) is 0 Å². The first-order valence-electron chi connectivity index (χ1n) is 6.90. The van der Waals surface area contributed by atoms with Gasteiger partial charge in [-0.3, -0.25) is 4.79 Å². The number of ether oxygens (including phenoxy) is 1. The Labute approximate surface area is 118 Å². The molecular formula is C15H21FN2O2. The lowest BCUT2D eigenvalue weighted by molar-refractivity contribution is -0.133. The molecule has 110 valence electrons. The first-order chi connectivity index (χ1) is 9.58. The highest BCUT2D eigenvalue weighted by Crippen LogP contribution is 2.19. The van der Waals surface area contributed by atoms with Gasteiger partial charge in [-0.15, -0.1) is 0 Å². The molecule has 1 aromatic rings. The molecule has 0 bridgehead atoms. The largest absolute Gasteiger partial charge is 0.381 e. The van der Waals surface area contributed by atoms with E-state index in [0.717, 1.165) is 18.4 Å². The third kappa shape index (κ3) is 3.77. The summed E-state index contributed by atoms with van der Waals surface area (Å²) in [5.74, 6) is -0.218. The first-order valence-corrected chi connectivity index (χ1v) is 6.90. The normalized spacial score (nSPS) is 17.8. The minimum Gasteiger partial charge on any atom is -0.381 e. The highest BCUT2D eigenvalue weighted by atomic mass is 19.1. The van der Waals surface area contributed by atoms with Gasteiger partial charge in [0.1, 0.15) is 5.82 Å². The quantitative estimate of drug-likeness (QED) is 0.910. The van der Waals surface area contributed by atoms with E-state index < -0.39 is 6.04 Å². The number of nitrogens with zero attached hydrogens (tertiary/aromatic N) is 1. The van der Waals surface area contributed by atoms with E-state index in [1.165, 1.54) is 12.1 Å². The maximum atomic E-state index is 13.1. The van der Waals surface area contributed by atoms with Crippen LogP contribution >= 0.6 is 0 Å². The van der Waals surface area contributed by atoms with Crippen molar-refractivity contribution in [3.63, 3.8) is 0 Å². The summed E-state index contributed by atoms with van der Waals surface area (Å²) in [5, 5.41) is 0. The van der Waals surface area contributed by atoms with E-state index in [0.29, 0.717) is 19.8 Å². The summed E-state index contributed by atoms with van der Waals surface area (Å²) >= 11 is 0. The van der Waals surface area contributed by atoms with Gasteiger partial charge in [-0.2, -0.15) is 0 Å². The van der Waals surface area contributed by atoms with E-state index in [-0.39, 0.29) is 17.6 Å². The fourth-order valence-electron chi connectivity index (χ4n) is 2.52. The molecule has 0 spiro atoms. The Balaban J connectivity index is 1.93. The maximum Gasteiger partial charge on any atom is 0.239 e. The van der Waals surface area contributed by atoms with Crippen molar-refractivity contribution in [1.82, 2.24) is 4.90 Å². The molecule has 1 unspecified atom stereocenters. The number of benzene rings is 1. The van der Waals surface area contributed by atoms with Gasteiger partial charge in [0.15, 0.2) is 0 Å². The van der Waals surface area contributed by atoms with Crippen molar-refractivity contribution in [1.29, 1.82) is 0 Å². The van der Waals surface area contributed by atoms with Crippen molar-refractivity contribution in [2.75, 3.05) is 20.3 Å². The molecule has 0 radical (unpaired) electrons. The second-order valence-electron chi connectivity index (χ2n) is 5.30. The summed E-state index contributed by atoms with van der Waals surface area (Å²) in [6.07, 6.45) is 1.64. The van der Waals surface area contributed by atoms with Gasteiger partial charge < -0.3 is 15.4 Å². The van der Waals surface area contributed by atoms with Crippen LogP contribution < -0.4 is 5.73 Å². The van der Waals surface area contributed by atoms with Gasteiger partial charge >= 0.3 is 0 Å². The zero-order valence-corrected chi connectivity index (χ0v) is 11.7.